The Morgan fingerprint density at radius 1 is 1.19 bits per heavy atom. The number of carbonyl (C=O) groups excluding carboxylic acids is 1. The maximum atomic E-state index is 12.7. The lowest BCUT2D eigenvalue weighted by atomic mass is 9.96. The molecule has 1 saturated heterocycles. The Morgan fingerprint density at radius 3 is 2.38 bits per heavy atom. The molecule has 1 aliphatic rings. The van der Waals surface area contributed by atoms with Gasteiger partial charge in [0.1, 0.15) is 5.92 Å². The van der Waals surface area contributed by atoms with E-state index in [9.17, 15) is 4.79 Å². The molecule has 3 N–H and O–H groups in total. The Hall–Kier alpha value is -2.04. The fourth-order valence-electron chi connectivity index (χ4n) is 2.75. The van der Waals surface area contributed by atoms with Gasteiger partial charge >= 0.3 is 0 Å². The highest BCUT2D eigenvalue weighted by molar-refractivity contribution is 6.02. The minimum Gasteiger partial charge on any atom is -0.409 e. The van der Waals surface area contributed by atoms with Crippen LogP contribution in [0.4, 0.5) is 0 Å². The van der Waals surface area contributed by atoms with Crippen molar-refractivity contribution < 1.29 is 10.0 Å². The molecule has 1 heterocycles. The molecule has 1 fully saturated rings. The monoisotopic (exact) mass is 289 g/mol. The molecule has 21 heavy (non-hydrogen) atoms. The molecule has 0 bridgehead atoms. The van der Waals surface area contributed by atoms with E-state index < -0.39 is 5.92 Å². The Balaban J connectivity index is 2.13. The number of carbonyl (C=O) groups is 1. The summed E-state index contributed by atoms with van der Waals surface area (Å²) in [5.41, 5.74) is 6.78. The first kappa shape index (κ1) is 15.4. The number of amidine groups is 1. The third-order valence-electron chi connectivity index (χ3n) is 3.97. The van der Waals surface area contributed by atoms with Gasteiger partial charge in [0.2, 0.25) is 5.91 Å². The summed E-state index contributed by atoms with van der Waals surface area (Å²) in [6, 6.07) is 9.68. The molecular weight excluding hydrogens is 266 g/mol. The molecule has 1 aliphatic heterocycles. The number of benzene rings is 1. The summed E-state index contributed by atoms with van der Waals surface area (Å²) in [5, 5.41) is 12.0. The van der Waals surface area contributed by atoms with E-state index in [1.807, 2.05) is 35.2 Å². The van der Waals surface area contributed by atoms with Crippen LogP contribution in [0.25, 0.3) is 0 Å². The van der Waals surface area contributed by atoms with E-state index in [1.54, 1.807) is 0 Å². The lowest BCUT2D eigenvalue weighted by Gasteiger charge is -2.25. The van der Waals surface area contributed by atoms with Crippen LogP contribution in [-0.4, -0.2) is 34.9 Å². The number of rotatable bonds is 4. The zero-order valence-electron chi connectivity index (χ0n) is 12.2. The van der Waals surface area contributed by atoms with Gasteiger partial charge in [0.15, 0.2) is 5.84 Å². The van der Waals surface area contributed by atoms with E-state index in [-0.39, 0.29) is 11.7 Å². The third-order valence-corrected chi connectivity index (χ3v) is 3.97. The number of hydrogen-bond acceptors (Lipinski definition) is 3. The summed E-state index contributed by atoms with van der Waals surface area (Å²) in [6.07, 6.45) is 4.85. The van der Waals surface area contributed by atoms with Gasteiger partial charge in [0, 0.05) is 13.1 Å². The van der Waals surface area contributed by atoms with Crippen LogP contribution >= 0.6 is 0 Å². The quantitative estimate of drug-likeness (QED) is 0.385. The van der Waals surface area contributed by atoms with Gasteiger partial charge in [-0.1, -0.05) is 48.3 Å². The summed E-state index contributed by atoms with van der Waals surface area (Å²) in [4.78, 5) is 14.6. The second-order valence-corrected chi connectivity index (χ2v) is 5.51. The van der Waals surface area contributed by atoms with Crippen molar-refractivity contribution in [2.24, 2.45) is 16.8 Å². The first-order chi connectivity index (χ1) is 10.2. The molecule has 1 unspecified atom stereocenters. The molecule has 1 aromatic carbocycles. The second kappa shape index (κ2) is 7.67. The van der Waals surface area contributed by atoms with Crippen molar-refractivity contribution >= 4 is 11.7 Å². The average molecular weight is 289 g/mol. The van der Waals surface area contributed by atoms with Gasteiger partial charge in [0.25, 0.3) is 0 Å². The summed E-state index contributed by atoms with van der Waals surface area (Å²) >= 11 is 0. The summed E-state index contributed by atoms with van der Waals surface area (Å²) < 4.78 is 0. The highest BCUT2D eigenvalue weighted by atomic mass is 16.4. The Morgan fingerprint density at radius 2 is 1.81 bits per heavy atom. The van der Waals surface area contributed by atoms with Crippen LogP contribution < -0.4 is 5.73 Å². The van der Waals surface area contributed by atoms with Crippen molar-refractivity contribution in [1.29, 1.82) is 0 Å². The molecule has 0 aliphatic carbocycles. The standard InChI is InChI=1S/C16H23N3O2/c17-15(18-21)14(12-13-8-4-3-5-9-13)16(20)19-10-6-1-2-7-11-19/h3-5,8-9,14,21H,1-2,6-7,10-12H2,(H2,17,18). The van der Waals surface area contributed by atoms with Gasteiger partial charge in [-0.2, -0.15) is 0 Å². The molecule has 0 spiro atoms. The zero-order valence-corrected chi connectivity index (χ0v) is 12.2. The predicted molar refractivity (Wildman–Crippen MR) is 82.1 cm³/mol. The summed E-state index contributed by atoms with van der Waals surface area (Å²) in [5.74, 6) is -0.625. The lowest BCUT2D eigenvalue weighted by Crippen LogP contribution is -2.43. The van der Waals surface area contributed by atoms with Crippen molar-refractivity contribution in [3.05, 3.63) is 35.9 Å². The number of oxime groups is 1. The molecule has 1 aromatic rings. The molecule has 5 nitrogen and oxygen atoms in total. The molecular formula is C16H23N3O2. The normalized spacial score (nSPS) is 18.1. The SMILES string of the molecule is NC(=NO)C(Cc1ccccc1)C(=O)N1CCCCCC1. The molecule has 0 radical (unpaired) electrons. The highest BCUT2D eigenvalue weighted by Crippen LogP contribution is 2.16. The number of likely N-dealkylation sites (tertiary alicyclic amines) is 1. The van der Waals surface area contributed by atoms with Crippen LogP contribution in [-0.2, 0) is 11.2 Å². The van der Waals surface area contributed by atoms with Gasteiger partial charge in [-0.05, 0) is 24.8 Å². The van der Waals surface area contributed by atoms with Crippen molar-refractivity contribution in [3.8, 4) is 0 Å². The van der Waals surface area contributed by atoms with E-state index in [1.165, 1.54) is 0 Å². The number of nitrogens with two attached hydrogens (primary N) is 1. The molecule has 1 amide bonds. The smallest absolute Gasteiger partial charge is 0.233 e. The van der Waals surface area contributed by atoms with E-state index in [0.717, 1.165) is 44.3 Å². The number of hydrogen-bond donors (Lipinski definition) is 2. The maximum absolute atomic E-state index is 12.7. The molecule has 5 heteroatoms. The van der Waals surface area contributed by atoms with E-state index in [0.29, 0.717) is 6.42 Å². The Labute approximate surface area is 125 Å². The van der Waals surface area contributed by atoms with Crippen LogP contribution in [0.1, 0.15) is 31.2 Å². The highest BCUT2D eigenvalue weighted by Gasteiger charge is 2.28. The van der Waals surface area contributed by atoms with Crippen LogP contribution in [0.15, 0.2) is 35.5 Å². The van der Waals surface area contributed by atoms with Gasteiger partial charge in [-0.3, -0.25) is 4.79 Å². The molecule has 2 rings (SSSR count). The summed E-state index contributed by atoms with van der Waals surface area (Å²) in [6.45, 7) is 1.53. The average Bonchev–Trinajstić information content (AvgIpc) is 2.81. The van der Waals surface area contributed by atoms with Crippen molar-refractivity contribution in [2.45, 2.75) is 32.1 Å². The largest absolute Gasteiger partial charge is 0.409 e. The van der Waals surface area contributed by atoms with Crippen molar-refractivity contribution in [1.82, 2.24) is 4.90 Å². The third kappa shape index (κ3) is 4.21. The molecule has 114 valence electrons. The minimum absolute atomic E-state index is 0.00639. The van der Waals surface area contributed by atoms with E-state index in [4.69, 9.17) is 10.9 Å². The van der Waals surface area contributed by atoms with Crippen LogP contribution in [0.5, 0.6) is 0 Å². The zero-order chi connectivity index (χ0) is 15.1. The first-order valence-electron chi connectivity index (χ1n) is 7.52. The fourth-order valence-corrected chi connectivity index (χ4v) is 2.75. The predicted octanol–water partition coefficient (Wildman–Crippen LogP) is 1.99. The van der Waals surface area contributed by atoms with Gasteiger partial charge in [0.05, 0.1) is 0 Å². The minimum atomic E-state index is -0.588. The van der Waals surface area contributed by atoms with Crippen LogP contribution in [0.3, 0.4) is 0 Å². The Bertz CT molecular complexity index is 480. The van der Waals surface area contributed by atoms with Crippen molar-refractivity contribution in [3.63, 3.8) is 0 Å². The number of amides is 1. The number of nitrogens with zero attached hydrogens (tertiary/aromatic N) is 2. The first-order valence-corrected chi connectivity index (χ1v) is 7.52. The van der Waals surface area contributed by atoms with Crippen molar-refractivity contribution in [2.75, 3.05) is 13.1 Å². The second-order valence-electron chi connectivity index (χ2n) is 5.51. The lowest BCUT2D eigenvalue weighted by molar-refractivity contribution is -0.133. The van der Waals surface area contributed by atoms with E-state index >= 15 is 0 Å². The summed E-state index contributed by atoms with van der Waals surface area (Å²) in [7, 11) is 0. The topological polar surface area (TPSA) is 78.9 Å². The fraction of sp³-hybridized carbons (Fsp3) is 0.500. The van der Waals surface area contributed by atoms with Gasteiger partial charge < -0.3 is 15.8 Å². The molecule has 0 saturated carbocycles. The van der Waals surface area contributed by atoms with Crippen LogP contribution in [0, 0.1) is 5.92 Å². The van der Waals surface area contributed by atoms with Gasteiger partial charge in [-0.25, -0.2) is 0 Å². The Kier molecular flexibility index (Phi) is 5.60. The molecule has 1 atom stereocenters. The molecule has 0 aromatic heterocycles. The van der Waals surface area contributed by atoms with E-state index in [2.05, 4.69) is 5.16 Å². The van der Waals surface area contributed by atoms with Crippen LogP contribution in [0.2, 0.25) is 0 Å². The van der Waals surface area contributed by atoms with Gasteiger partial charge in [-0.15, -0.1) is 0 Å². The maximum Gasteiger partial charge on any atom is 0.233 e.